The van der Waals surface area contributed by atoms with Crippen LogP contribution in [0.5, 0.6) is 17.2 Å². The van der Waals surface area contributed by atoms with Crippen LogP contribution in [0.15, 0.2) is 36.4 Å². The highest BCUT2D eigenvalue weighted by molar-refractivity contribution is 6.32. The minimum absolute atomic E-state index is 0.0448. The molecule has 0 saturated heterocycles. The van der Waals surface area contributed by atoms with Crippen LogP contribution in [0.4, 0.5) is 0 Å². The van der Waals surface area contributed by atoms with Gasteiger partial charge in [0.25, 0.3) is 0 Å². The number of carbonyl (C=O) groups excluding carboxylic acids is 1. The third-order valence-corrected chi connectivity index (χ3v) is 4.85. The quantitative estimate of drug-likeness (QED) is 0.895. The number of carbonyl (C=O) groups is 1. The zero-order valence-corrected chi connectivity index (χ0v) is 15.1. The second-order valence-corrected chi connectivity index (χ2v) is 6.98. The van der Waals surface area contributed by atoms with Crippen LogP contribution in [0.2, 0.25) is 5.02 Å². The van der Waals surface area contributed by atoms with Crippen LogP contribution in [0.3, 0.4) is 0 Å². The summed E-state index contributed by atoms with van der Waals surface area (Å²) in [6, 6.07) is 11.6. The standard InChI is InChI=1S/C20H20ClNO4/c21-16-8-13(9-18-20(16)25-6-5-24-18)10-19(23)22-11-14-7-15-3-1-2-4-17(15)26-12-14/h1-4,8-9,14H,5-7,10-12H2,(H,22,23). The van der Waals surface area contributed by atoms with Gasteiger partial charge in [0, 0.05) is 12.5 Å². The molecule has 5 nitrogen and oxygen atoms in total. The van der Waals surface area contributed by atoms with E-state index in [2.05, 4.69) is 11.4 Å². The first-order chi connectivity index (χ1) is 12.7. The fourth-order valence-electron chi connectivity index (χ4n) is 3.29. The maximum atomic E-state index is 12.3. The topological polar surface area (TPSA) is 56.8 Å². The molecule has 4 rings (SSSR count). The lowest BCUT2D eigenvalue weighted by Gasteiger charge is -2.25. The van der Waals surface area contributed by atoms with Gasteiger partial charge in [-0.25, -0.2) is 0 Å². The number of benzene rings is 2. The SMILES string of the molecule is O=C(Cc1cc(Cl)c2c(c1)OCCO2)NCC1COc2ccccc2C1. The summed E-state index contributed by atoms with van der Waals surface area (Å²) in [5.74, 6) is 2.33. The minimum Gasteiger partial charge on any atom is -0.493 e. The van der Waals surface area contributed by atoms with Crippen molar-refractivity contribution in [1.29, 1.82) is 0 Å². The fourth-order valence-corrected chi connectivity index (χ4v) is 3.58. The summed E-state index contributed by atoms with van der Waals surface area (Å²) >= 11 is 6.22. The van der Waals surface area contributed by atoms with Crippen molar-refractivity contribution in [3.05, 3.63) is 52.5 Å². The summed E-state index contributed by atoms with van der Waals surface area (Å²) in [7, 11) is 0. The van der Waals surface area contributed by atoms with Crippen LogP contribution >= 0.6 is 11.6 Å². The first-order valence-corrected chi connectivity index (χ1v) is 9.12. The van der Waals surface area contributed by atoms with Crippen LogP contribution in [0, 0.1) is 5.92 Å². The molecule has 2 aromatic carbocycles. The van der Waals surface area contributed by atoms with E-state index in [0.717, 1.165) is 17.7 Å². The zero-order valence-electron chi connectivity index (χ0n) is 14.3. The Hall–Kier alpha value is -2.40. The van der Waals surface area contributed by atoms with Gasteiger partial charge in [-0.3, -0.25) is 4.79 Å². The Bertz CT molecular complexity index is 823. The maximum Gasteiger partial charge on any atom is 0.224 e. The smallest absolute Gasteiger partial charge is 0.224 e. The Labute approximate surface area is 157 Å². The van der Waals surface area contributed by atoms with E-state index in [0.29, 0.717) is 42.9 Å². The first kappa shape index (κ1) is 17.0. The van der Waals surface area contributed by atoms with Gasteiger partial charge in [-0.2, -0.15) is 0 Å². The van der Waals surface area contributed by atoms with Crippen molar-refractivity contribution < 1.29 is 19.0 Å². The molecule has 1 unspecified atom stereocenters. The van der Waals surface area contributed by atoms with E-state index in [-0.39, 0.29) is 18.2 Å². The van der Waals surface area contributed by atoms with Crippen molar-refractivity contribution in [2.45, 2.75) is 12.8 Å². The monoisotopic (exact) mass is 373 g/mol. The Balaban J connectivity index is 1.33. The lowest BCUT2D eigenvalue weighted by atomic mass is 9.96. The maximum absolute atomic E-state index is 12.3. The van der Waals surface area contributed by atoms with Crippen molar-refractivity contribution in [2.24, 2.45) is 5.92 Å². The van der Waals surface area contributed by atoms with Gasteiger partial charge < -0.3 is 19.5 Å². The van der Waals surface area contributed by atoms with Gasteiger partial charge >= 0.3 is 0 Å². The van der Waals surface area contributed by atoms with Gasteiger partial charge in [-0.15, -0.1) is 0 Å². The summed E-state index contributed by atoms with van der Waals surface area (Å²) in [5, 5.41) is 3.47. The van der Waals surface area contributed by atoms with E-state index in [1.807, 2.05) is 24.3 Å². The van der Waals surface area contributed by atoms with Gasteiger partial charge in [0.15, 0.2) is 11.5 Å². The van der Waals surface area contributed by atoms with Crippen LogP contribution < -0.4 is 19.5 Å². The lowest BCUT2D eigenvalue weighted by Crippen LogP contribution is -2.35. The molecule has 2 aromatic rings. The number of halogens is 1. The molecule has 26 heavy (non-hydrogen) atoms. The molecule has 1 N–H and O–H groups in total. The molecule has 0 spiro atoms. The predicted octanol–water partition coefficient (Wildman–Crippen LogP) is 3.02. The average molecular weight is 374 g/mol. The van der Waals surface area contributed by atoms with Crippen molar-refractivity contribution in [1.82, 2.24) is 5.32 Å². The molecular weight excluding hydrogens is 354 g/mol. The number of fused-ring (bicyclic) bond motifs is 2. The van der Waals surface area contributed by atoms with Crippen LogP contribution in [0.1, 0.15) is 11.1 Å². The van der Waals surface area contributed by atoms with Crippen molar-refractivity contribution in [3.63, 3.8) is 0 Å². The Morgan fingerprint density at radius 1 is 1.12 bits per heavy atom. The summed E-state index contributed by atoms with van der Waals surface area (Å²) in [5.41, 5.74) is 2.00. The number of amides is 1. The second-order valence-electron chi connectivity index (χ2n) is 6.57. The molecular formula is C20H20ClNO4. The molecule has 0 aromatic heterocycles. The Kier molecular flexibility index (Phi) is 4.89. The van der Waals surface area contributed by atoms with Gasteiger partial charge in [-0.05, 0) is 35.7 Å². The first-order valence-electron chi connectivity index (χ1n) is 8.74. The summed E-state index contributed by atoms with van der Waals surface area (Å²) < 4.78 is 16.8. The van der Waals surface area contributed by atoms with Gasteiger partial charge in [-0.1, -0.05) is 29.8 Å². The highest BCUT2D eigenvalue weighted by Crippen LogP contribution is 2.38. The highest BCUT2D eigenvalue weighted by atomic mass is 35.5. The predicted molar refractivity (Wildman–Crippen MR) is 98.3 cm³/mol. The lowest BCUT2D eigenvalue weighted by molar-refractivity contribution is -0.120. The number of hydrogen-bond acceptors (Lipinski definition) is 4. The fraction of sp³-hybridized carbons (Fsp3) is 0.350. The number of para-hydroxylation sites is 1. The van der Waals surface area contributed by atoms with E-state index in [1.165, 1.54) is 5.56 Å². The molecule has 0 radical (unpaired) electrons. The molecule has 136 valence electrons. The summed E-state index contributed by atoms with van der Waals surface area (Å²) in [6.07, 6.45) is 1.16. The van der Waals surface area contributed by atoms with Gasteiger partial charge in [0.1, 0.15) is 19.0 Å². The molecule has 0 saturated carbocycles. The number of hydrogen-bond donors (Lipinski definition) is 1. The molecule has 0 aliphatic carbocycles. The van der Waals surface area contributed by atoms with Gasteiger partial charge in [0.2, 0.25) is 5.91 Å². The molecule has 2 aliphatic rings. The zero-order chi connectivity index (χ0) is 17.9. The largest absolute Gasteiger partial charge is 0.493 e. The molecule has 2 aliphatic heterocycles. The van der Waals surface area contributed by atoms with E-state index >= 15 is 0 Å². The highest BCUT2D eigenvalue weighted by Gasteiger charge is 2.21. The third kappa shape index (κ3) is 3.73. The number of nitrogens with one attached hydrogen (secondary N) is 1. The third-order valence-electron chi connectivity index (χ3n) is 4.56. The normalized spacial score (nSPS) is 17.8. The molecule has 1 atom stereocenters. The summed E-state index contributed by atoms with van der Waals surface area (Å²) in [6.45, 7) is 2.18. The van der Waals surface area contributed by atoms with Crippen LogP contribution in [-0.2, 0) is 17.6 Å². The van der Waals surface area contributed by atoms with E-state index in [9.17, 15) is 4.79 Å². The van der Waals surface area contributed by atoms with Crippen molar-refractivity contribution in [3.8, 4) is 17.2 Å². The van der Waals surface area contributed by atoms with Crippen molar-refractivity contribution >= 4 is 17.5 Å². The number of rotatable bonds is 4. The Morgan fingerprint density at radius 3 is 2.88 bits per heavy atom. The molecule has 1 amide bonds. The van der Waals surface area contributed by atoms with E-state index < -0.39 is 0 Å². The summed E-state index contributed by atoms with van der Waals surface area (Å²) in [4.78, 5) is 12.3. The Morgan fingerprint density at radius 2 is 1.96 bits per heavy atom. The van der Waals surface area contributed by atoms with Gasteiger partial charge in [0.05, 0.1) is 18.1 Å². The molecule has 0 bridgehead atoms. The number of ether oxygens (including phenoxy) is 3. The minimum atomic E-state index is -0.0448. The van der Waals surface area contributed by atoms with E-state index in [4.69, 9.17) is 25.8 Å². The molecule has 0 fully saturated rings. The van der Waals surface area contributed by atoms with Crippen LogP contribution in [0.25, 0.3) is 0 Å². The molecule has 6 heteroatoms. The van der Waals surface area contributed by atoms with Crippen molar-refractivity contribution in [2.75, 3.05) is 26.4 Å². The van der Waals surface area contributed by atoms with E-state index in [1.54, 1.807) is 6.07 Å². The average Bonchev–Trinajstić information content (AvgIpc) is 2.66. The molecule has 2 heterocycles. The van der Waals surface area contributed by atoms with Crippen LogP contribution in [-0.4, -0.2) is 32.3 Å². The second kappa shape index (κ2) is 7.46.